The number of aromatic hydroxyl groups is 1. The van der Waals surface area contributed by atoms with E-state index in [1.54, 1.807) is 19.1 Å². The Kier molecular flexibility index (Phi) is 6.89. The lowest BCUT2D eigenvalue weighted by molar-refractivity contribution is -0.857. The number of amides is 1. The van der Waals surface area contributed by atoms with E-state index < -0.39 is 17.7 Å². The number of ether oxygens (including phenoxy) is 1. The molecule has 1 saturated heterocycles. The molecule has 7 heteroatoms. The number of ketones is 1. The van der Waals surface area contributed by atoms with Gasteiger partial charge < -0.3 is 24.7 Å². The molecule has 0 aromatic heterocycles. The second-order valence-corrected chi connectivity index (χ2v) is 8.43. The molecule has 2 aromatic rings. The number of aryl methyl sites for hydroxylation is 2. The number of Topliss-reactive ketones (excluding diaryl/α,β-unsaturated/α-hetero) is 1. The number of aliphatic hydroxyl groups is 1. The van der Waals surface area contributed by atoms with Crippen molar-refractivity contribution in [3.05, 3.63) is 64.2 Å². The van der Waals surface area contributed by atoms with Crippen LogP contribution in [0.5, 0.6) is 11.5 Å². The van der Waals surface area contributed by atoms with Gasteiger partial charge in [0.1, 0.15) is 5.76 Å². The van der Waals surface area contributed by atoms with Gasteiger partial charge in [-0.05, 0) is 50.1 Å². The van der Waals surface area contributed by atoms with Gasteiger partial charge in [0.25, 0.3) is 11.7 Å². The van der Waals surface area contributed by atoms with Gasteiger partial charge in [0.15, 0.2) is 11.5 Å². The van der Waals surface area contributed by atoms with Gasteiger partial charge in [-0.25, -0.2) is 0 Å². The van der Waals surface area contributed by atoms with Crippen molar-refractivity contribution in [2.75, 3.05) is 33.8 Å². The maximum Gasteiger partial charge on any atom is 0.295 e. The largest absolute Gasteiger partial charge is 0.507 e. The maximum atomic E-state index is 13.1. The van der Waals surface area contributed by atoms with Gasteiger partial charge in [-0.2, -0.15) is 0 Å². The van der Waals surface area contributed by atoms with Gasteiger partial charge in [-0.15, -0.1) is 0 Å². The Hall–Kier alpha value is -3.32. The summed E-state index contributed by atoms with van der Waals surface area (Å²) in [5.41, 5.74) is 2.89. The molecule has 7 nitrogen and oxygen atoms in total. The Morgan fingerprint density at radius 3 is 2.50 bits per heavy atom. The van der Waals surface area contributed by atoms with E-state index in [0.29, 0.717) is 30.8 Å². The minimum Gasteiger partial charge on any atom is -0.507 e. The van der Waals surface area contributed by atoms with Crippen LogP contribution in [0, 0.1) is 13.8 Å². The monoisotopic (exact) mass is 439 g/mol. The van der Waals surface area contributed by atoms with Crippen LogP contribution in [0.4, 0.5) is 0 Å². The summed E-state index contributed by atoms with van der Waals surface area (Å²) in [6.45, 7) is 6.88. The van der Waals surface area contributed by atoms with Crippen LogP contribution in [0.3, 0.4) is 0 Å². The van der Waals surface area contributed by atoms with Crippen molar-refractivity contribution in [1.29, 1.82) is 0 Å². The number of nitrogens with zero attached hydrogens (tertiary/aromatic N) is 1. The number of carbonyl (C=O) groups is 2. The fraction of sp³-hybridized carbons (Fsp3) is 0.360. The third kappa shape index (κ3) is 4.48. The van der Waals surface area contributed by atoms with E-state index in [4.69, 9.17) is 4.74 Å². The highest BCUT2D eigenvalue weighted by atomic mass is 16.5. The van der Waals surface area contributed by atoms with E-state index in [1.165, 1.54) is 11.0 Å². The highest BCUT2D eigenvalue weighted by Gasteiger charge is 2.46. The van der Waals surface area contributed by atoms with Crippen molar-refractivity contribution in [3.8, 4) is 11.5 Å². The van der Waals surface area contributed by atoms with E-state index in [1.807, 2.05) is 46.1 Å². The molecule has 0 bridgehead atoms. The van der Waals surface area contributed by atoms with Crippen molar-refractivity contribution < 1.29 is 29.4 Å². The molecule has 32 heavy (non-hydrogen) atoms. The first-order chi connectivity index (χ1) is 15.1. The predicted octanol–water partition coefficient (Wildman–Crippen LogP) is 1.97. The van der Waals surface area contributed by atoms with Crippen LogP contribution in [-0.2, 0) is 9.59 Å². The molecular formula is C25H31N2O5+. The minimum absolute atomic E-state index is 0.0279. The van der Waals surface area contributed by atoms with Crippen LogP contribution in [0.25, 0.3) is 5.76 Å². The average molecular weight is 440 g/mol. The summed E-state index contributed by atoms with van der Waals surface area (Å²) in [4.78, 5) is 28.8. The molecule has 0 radical (unpaired) electrons. The topological polar surface area (TPSA) is 91.5 Å². The van der Waals surface area contributed by atoms with Crippen molar-refractivity contribution in [2.45, 2.75) is 26.8 Å². The molecule has 1 amide bonds. The normalized spacial score (nSPS) is 17.9. The fourth-order valence-electron chi connectivity index (χ4n) is 3.91. The summed E-state index contributed by atoms with van der Waals surface area (Å²) >= 11 is 0. The number of hydrogen-bond acceptors (Lipinski definition) is 5. The summed E-state index contributed by atoms with van der Waals surface area (Å²) in [6, 6.07) is 9.59. The van der Waals surface area contributed by atoms with Gasteiger partial charge in [-0.1, -0.05) is 23.8 Å². The molecule has 0 spiro atoms. The van der Waals surface area contributed by atoms with Crippen LogP contribution < -0.4 is 9.64 Å². The van der Waals surface area contributed by atoms with Gasteiger partial charge in [0, 0.05) is 5.56 Å². The number of phenolic OH excluding ortho intramolecular Hbond substituents is 1. The zero-order chi connectivity index (χ0) is 23.6. The molecule has 0 unspecified atom stereocenters. The van der Waals surface area contributed by atoms with Crippen molar-refractivity contribution in [3.63, 3.8) is 0 Å². The first-order valence-corrected chi connectivity index (χ1v) is 10.8. The van der Waals surface area contributed by atoms with Crippen molar-refractivity contribution >= 4 is 17.4 Å². The lowest BCUT2D eigenvalue weighted by Crippen LogP contribution is -3.06. The SMILES string of the molecule is CCOc1cc([C@@H]2/C(=C(/O)c3cc(C)ccc3C)C(=O)C(=O)N2CC[NH+](C)C)ccc1O. The second kappa shape index (κ2) is 9.44. The van der Waals surface area contributed by atoms with Crippen LogP contribution >= 0.6 is 0 Å². The summed E-state index contributed by atoms with van der Waals surface area (Å²) in [7, 11) is 3.94. The lowest BCUT2D eigenvalue weighted by atomic mass is 9.93. The zero-order valence-corrected chi connectivity index (χ0v) is 19.2. The van der Waals surface area contributed by atoms with Crippen LogP contribution in [-0.4, -0.2) is 60.6 Å². The second-order valence-electron chi connectivity index (χ2n) is 8.43. The summed E-state index contributed by atoms with van der Waals surface area (Å²) < 4.78 is 5.52. The molecule has 1 heterocycles. The first-order valence-electron chi connectivity index (χ1n) is 10.8. The van der Waals surface area contributed by atoms with E-state index >= 15 is 0 Å². The summed E-state index contributed by atoms with van der Waals surface area (Å²) in [6.07, 6.45) is 0. The third-order valence-corrected chi connectivity index (χ3v) is 5.64. The summed E-state index contributed by atoms with van der Waals surface area (Å²) in [5, 5.41) is 21.4. The molecule has 1 aliphatic heterocycles. The van der Waals surface area contributed by atoms with Crippen LogP contribution in [0.15, 0.2) is 42.0 Å². The van der Waals surface area contributed by atoms with E-state index in [0.717, 1.165) is 16.0 Å². The molecular weight excluding hydrogens is 408 g/mol. The van der Waals surface area contributed by atoms with Gasteiger partial charge in [0.05, 0.1) is 45.4 Å². The maximum absolute atomic E-state index is 13.1. The van der Waals surface area contributed by atoms with Gasteiger partial charge >= 0.3 is 0 Å². The molecule has 0 saturated carbocycles. The number of benzene rings is 2. The van der Waals surface area contributed by atoms with Gasteiger partial charge in [-0.3, -0.25) is 9.59 Å². The number of aliphatic hydroxyl groups excluding tert-OH is 1. The number of quaternary nitrogens is 1. The Morgan fingerprint density at radius 1 is 1.12 bits per heavy atom. The number of likely N-dealkylation sites (N-methyl/N-ethyl adjacent to an activating group) is 1. The van der Waals surface area contributed by atoms with E-state index in [2.05, 4.69) is 0 Å². The van der Waals surface area contributed by atoms with Crippen molar-refractivity contribution in [2.24, 2.45) is 0 Å². The molecule has 1 atom stereocenters. The predicted molar refractivity (Wildman–Crippen MR) is 122 cm³/mol. The molecule has 3 N–H and O–H groups in total. The number of rotatable bonds is 7. The van der Waals surface area contributed by atoms with E-state index in [9.17, 15) is 19.8 Å². The fourth-order valence-corrected chi connectivity index (χ4v) is 3.91. The smallest absolute Gasteiger partial charge is 0.295 e. The number of likely N-dealkylation sites (tertiary alicyclic amines) is 1. The summed E-state index contributed by atoms with van der Waals surface area (Å²) in [5.74, 6) is -1.32. The lowest BCUT2D eigenvalue weighted by Gasteiger charge is -2.26. The molecule has 3 rings (SSSR count). The Balaban J connectivity index is 2.22. The Labute approximate surface area is 188 Å². The molecule has 1 fully saturated rings. The van der Waals surface area contributed by atoms with Gasteiger partial charge in [0.2, 0.25) is 0 Å². The number of hydrogen-bond donors (Lipinski definition) is 3. The highest BCUT2D eigenvalue weighted by molar-refractivity contribution is 6.46. The van der Waals surface area contributed by atoms with Crippen LogP contribution in [0.1, 0.15) is 35.2 Å². The molecule has 170 valence electrons. The Morgan fingerprint density at radius 2 is 1.84 bits per heavy atom. The highest BCUT2D eigenvalue weighted by Crippen LogP contribution is 2.42. The quantitative estimate of drug-likeness (QED) is 0.349. The molecule has 0 aliphatic carbocycles. The average Bonchev–Trinajstić information content (AvgIpc) is 3.00. The first kappa shape index (κ1) is 23.3. The minimum atomic E-state index is -0.783. The number of carbonyl (C=O) groups excluding carboxylic acids is 2. The molecule has 2 aromatic carbocycles. The van der Waals surface area contributed by atoms with Crippen LogP contribution in [0.2, 0.25) is 0 Å². The zero-order valence-electron chi connectivity index (χ0n) is 19.2. The van der Waals surface area contributed by atoms with Crippen molar-refractivity contribution in [1.82, 2.24) is 4.90 Å². The standard InChI is InChI=1S/C25H30N2O5/c1-6-32-20-14-17(9-10-19(20)28)22-21(23(29)18-13-15(2)7-8-16(18)3)24(30)25(31)27(22)12-11-26(4)5/h7-10,13-14,22,28-29H,6,11-12H2,1-5H3/p+1/b23-21-/t22-/m1/s1. The van der Waals surface area contributed by atoms with E-state index in [-0.39, 0.29) is 22.8 Å². The number of phenols is 1. The third-order valence-electron chi connectivity index (χ3n) is 5.64. The Bertz CT molecular complexity index is 1070. The molecule has 1 aliphatic rings. The number of nitrogens with one attached hydrogen (secondary N) is 1.